The van der Waals surface area contributed by atoms with Gasteiger partial charge in [0.15, 0.2) is 5.13 Å². The predicted octanol–water partition coefficient (Wildman–Crippen LogP) is 1.07. The van der Waals surface area contributed by atoms with E-state index in [4.69, 9.17) is 5.73 Å². The molecular weight excluding hydrogens is 158 g/mol. The lowest BCUT2D eigenvalue weighted by Gasteiger charge is -1.94. The molecule has 3 N–H and O–H groups in total. The Labute approximate surface area is 70.0 Å². The van der Waals surface area contributed by atoms with E-state index in [1.165, 1.54) is 0 Å². The summed E-state index contributed by atoms with van der Waals surface area (Å²) in [6.07, 6.45) is 5.68. The lowest BCUT2D eigenvalue weighted by Crippen LogP contribution is -1.99. The third-order valence-electron chi connectivity index (χ3n) is 1.11. The molecule has 1 rings (SSSR count). The van der Waals surface area contributed by atoms with Crippen molar-refractivity contribution < 1.29 is 0 Å². The topological polar surface area (TPSA) is 50.9 Å². The fourth-order valence-corrected chi connectivity index (χ4v) is 1.18. The zero-order chi connectivity index (χ0) is 7.94. The molecule has 0 aliphatic rings. The molecule has 0 aromatic carbocycles. The molecule has 3 nitrogen and oxygen atoms in total. The van der Waals surface area contributed by atoms with Crippen molar-refractivity contribution >= 4 is 16.5 Å². The molecule has 11 heavy (non-hydrogen) atoms. The molecule has 0 saturated heterocycles. The van der Waals surface area contributed by atoms with Crippen molar-refractivity contribution in [3.05, 3.63) is 23.7 Å². The van der Waals surface area contributed by atoms with Crippen molar-refractivity contribution in [1.82, 2.24) is 4.98 Å². The number of hydrogen-bond donors (Lipinski definition) is 2. The fraction of sp³-hybridized carbons (Fsp3) is 0.286. The van der Waals surface area contributed by atoms with Crippen LogP contribution in [0.15, 0.2) is 23.7 Å². The van der Waals surface area contributed by atoms with Crippen LogP contribution in [0.3, 0.4) is 0 Å². The van der Waals surface area contributed by atoms with Crippen LogP contribution >= 0.6 is 11.3 Å². The van der Waals surface area contributed by atoms with Crippen molar-refractivity contribution in [3.8, 4) is 0 Å². The molecule has 0 spiro atoms. The summed E-state index contributed by atoms with van der Waals surface area (Å²) in [5, 5.41) is 6.01. The van der Waals surface area contributed by atoms with Gasteiger partial charge in [-0.2, -0.15) is 0 Å². The first-order valence-corrected chi connectivity index (χ1v) is 4.30. The van der Waals surface area contributed by atoms with Crippen LogP contribution in [0, 0.1) is 0 Å². The van der Waals surface area contributed by atoms with Gasteiger partial charge in [0.25, 0.3) is 0 Å². The Morgan fingerprint density at radius 3 is 3.18 bits per heavy atom. The Hall–Kier alpha value is -0.870. The largest absolute Gasteiger partial charge is 0.358 e. The molecule has 0 bridgehead atoms. The lowest BCUT2D eigenvalue weighted by molar-refractivity contribution is 1.22. The Balaban J connectivity index is 2.19. The van der Waals surface area contributed by atoms with Gasteiger partial charge in [-0.1, -0.05) is 12.2 Å². The molecule has 0 aliphatic carbocycles. The van der Waals surface area contributed by atoms with Crippen LogP contribution in [0.1, 0.15) is 0 Å². The standard InChI is InChI=1S/C7H11N3S/c8-3-1-2-4-9-7-10-5-6-11-7/h1-2,5-6H,3-4,8H2,(H,9,10)/b2-1+. The Bertz CT molecular complexity index is 205. The van der Waals surface area contributed by atoms with E-state index in [9.17, 15) is 0 Å². The van der Waals surface area contributed by atoms with Gasteiger partial charge in [0.2, 0.25) is 0 Å². The second-order valence-corrected chi connectivity index (χ2v) is 2.82. The Morgan fingerprint density at radius 1 is 1.64 bits per heavy atom. The molecule has 0 unspecified atom stereocenters. The smallest absolute Gasteiger partial charge is 0.182 e. The summed E-state index contributed by atoms with van der Waals surface area (Å²) in [6, 6.07) is 0. The average molecular weight is 169 g/mol. The van der Waals surface area contributed by atoms with Gasteiger partial charge in [-0.05, 0) is 0 Å². The van der Waals surface area contributed by atoms with Crippen molar-refractivity contribution in [2.75, 3.05) is 18.4 Å². The highest BCUT2D eigenvalue weighted by Gasteiger charge is 1.87. The zero-order valence-electron chi connectivity index (χ0n) is 6.16. The van der Waals surface area contributed by atoms with Crippen LogP contribution < -0.4 is 11.1 Å². The van der Waals surface area contributed by atoms with Crippen molar-refractivity contribution in [2.24, 2.45) is 5.73 Å². The van der Waals surface area contributed by atoms with Crippen LogP contribution in [0.5, 0.6) is 0 Å². The minimum absolute atomic E-state index is 0.597. The number of hydrogen-bond acceptors (Lipinski definition) is 4. The summed E-state index contributed by atoms with van der Waals surface area (Å²) in [4.78, 5) is 4.06. The molecule has 0 amide bonds. The molecule has 60 valence electrons. The summed E-state index contributed by atoms with van der Waals surface area (Å²) in [7, 11) is 0. The molecule has 1 aromatic rings. The van der Waals surface area contributed by atoms with Gasteiger partial charge < -0.3 is 11.1 Å². The van der Waals surface area contributed by atoms with Gasteiger partial charge in [-0.15, -0.1) is 11.3 Å². The third-order valence-corrected chi connectivity index (χ3v) is 1.84. The maximum atomic E-state index is 5.26. The van der Waals surface area contributed by atoms with Crippen LogP contribution in [0.2, 0.25) is 0 Å². The SMILES string of the molecule is NC/C=C/CNc1nccs1. The lowest BCUT2D eigenvalue weighted by atomic mass is 10.5. The van der Waals surface area contributed by atoms with E-state index < -0.39 is 0 Å². The van der Waals surface area contributed by atoms with Gasteiger partial charge in [0.05, 0.1) is 0 Å². The van der Waals surface area contributed by atoms with Crippen LogP contribution in [0.25, 0.3) is 0 Å². The van der Waals surface area contributed by atoms with Gasteiger partial charge in [0.1, 0.15) is 0 Å². The average Bonchev–Trinajstić information content (AvgIpc) is 2.50. The number of rotatable bonds is 4. The number of aromatic nitrogens is 1. The van der Waals surface area contributed by atoms with Crippen molar-refractivity contribution in [3.63, 3.8) is 0 Å². The molecule has 1 aromatic heterocycles. The van der Waals surface area contributed by atoms with Gasteiger partial charge in [0, 0.05) is 24.7 Å². The van der Waals surface area contributed by atoms with E-state index in [1.54, 1.807) is 17.5 Å². The number of nitrogens with zero attached hydrogens (tertiary/aromatic N) is 1. The van der Waals surface area contributed by atoms with Crippen molar-refractivity contribution in [2.45, 2.75) is 0 Å². The normalized spacial score (nSPS) is 10.6. The summed E-state index contributed by atoms with van der Waals surface area (Å²) >= 11 is 1.59. The maximum absolute atomic E-state index is 5.26. The highest BCUT2D eigenvalue weighted by atomic mass is 32.1. The molecular formula is C7H11N3S. The molecule has 0 aliphatic heterocycles. The third kappa shape index (κ3) is 3.15. The first-order chi connectivity index (χ1) is 5.43. The number of thiazole rings is 1. The summed E-state index contributed by atoms with van der Waals surface area (Å²) in [5.74, 6) is 0. The molecule has 0 atom stereocenters. The number of anilines is 1. The minimum Gasteiger partial charge on any atom is -0.358 e. The first kappa shape index (κ1) is 8.23. The summed E-state index contributed by atoms with van der Waals surface area (Å²) in [5.41, 5.74) is 5.26. The highest BCUT2D eigenvalue weighted by molar-refractivity contribution is 7.13. The van der Waals surface area contributed by atoms with Gasteiger partial charge in [-0.25, -0.2) is 4.98 Å². The zero-order valence-corrected chi connectivity index (χ0v) is 6.97. The molecule has 1 heterocycles. The van der Waals surface area contributed by atoms with E-state index in [-0.39, 0.29) is 0 Å². The van der Waals surface area contributed by atoms with Crippen LogP contribution in [-0.4, -0.2) is 18.1 Å². The van der Waals surface area contributed by atoms with E-state index >= 15 is 0 Å². The van der Waals surface area contributed by atoms with Gasteiger partial charge in [-0.3, -0.25) is 0 Å². The highest BCUT2D eigenvalue weighted by Crippen LogP contribution is 2.08. The van der Waals surface area contributed by atoms with E-state index in [0.29, 0.717) is 6.54 Å². The Kier molecular flexibility index (Phi) is 3.64. The van der Waals surface area contributed by atoms with Gasteiger partial charge >= 0.3 is 0 Å². The monoisotopic (exact) mass is 169 g/mol. The summed E-state index contributed by atoms with van der Waals surface area (Å²) in [6.45, 7) is 1.39. The van der Waals surface area contributed by atoms with Crippen molar-refractivity contribution in [1.29, 1.82) is 0 Å². The molecule has 0 saturated carbocycles. The minimum atomic E-state index is 0.597. The quantitative estimate of drug-likeness (QED) is 0.663. The number of nitrogens with two attached hydrogens (primary N) is 1. The molecule has 0 radical (unpaired) electrons. The van der Waals surface area contributed by atoms with Crippen LogP contribution in [-0.2, 0) is 0 Å². The predicted molar refractivity (Wildman–Crippen MR) is 48.8 cm³/mol. The van der Waals surface area contributed by atoms with E-state index in [2.05, 4.69) is 10.3 Å². The number of nitrogens with one attached hydrogen (secondary N) is 1. The summed E-state index contributed by atoms with van der Waals surface area (Å²) < 4.78 is 0. The van der Waals surface area contributed by atoms with Crippen LogP contribution in [0.4, 0.5) is 5.13 Å². The fourth-order valence-electron chi connectivity index (χ4n) is 0.637. The Morgan fingerprint density at radius 2 is 2.55 bits per heavy atom. The van der Waals surface area contributed by atoms with E-state index in [0.717, 1.165) is 11.7 Å². The maximum Gasteiger partial charge on any atom is 0.182 e. The second kappa shape index (κ2) is 4.87. The molecule has 0 fully saturated rings. The second-order valence-electron chi connectivity index (χ2n) is 1.93. The molecule has 4 heteroatoms. The van der Waals surface area contributed by atoms with E-state index in [1.807, 2.05) is 17.5 Å². The first-order valence-electron chi connectivity index (χ1n) is 3.42.